The van der Waals surface area contributed by atoms with Crippen molar-refractivity contribution in [1.29, 1.82) is 0 Å². The number of carbonyl (C=O) groups is 2. The number of amides is 2. The van der Waals surface area contributed by atoms with Crippen molar-refractivity contribution in [1.82, 2.24) is 14.9 Å². The minimum Gasteiger partial charge on any atom is -0.485 e. The van der Waals surface area contributed by atoms with Gasteiger partial charge in [0.1, 0.15) is 12.9 Å². The third-order valence-corrected chi connectivity index (χ3v) is 5.08. The maximum atomic E-state index is 12.8. The van der Waals surface area contributed by atoms with Gasteiger partial charge in [-0.05, 0) is 48.7 Å². The Morgan fingerprint density at radius 3 is 2.67 bits per heavy atom. The largest absolute Gasteiger partial charge is 0.485 e. The van der Waals surface area contributed by atoms with Gasteiger partial charge in [-0.3, -0.25) is 14.6 Å². The molecule has 3 aromatic rings. The normalized spacial score (nSPS) is 14.3. The Hall–Kier alpha value is -3.68. The molecule has 0 unspecified atom stereocenters. The number of pyridine rings is 2. The van der Waals surface area contributed by atoms with E-state index in [-0.39, 0.29) is 17.7 Å². The predicted molar refractivity (Wildman–Crippen MR) is 109 cm³/mol. The van der Waals surface area contributed by atoms with E-state index in [4.69, 9.17) is 9.15 Å². The molecule has 1 N–H and O–H groups in total. The van der Waals surface area contributed by atoms with Crippen LogP contribution in [0.25, 0.3) is 0 Å². The maximum Gasteiger partial charge on any atom is 0.257 e. The van der Waals surface area contributed by atoms with Gasteiger partial charge < -0.3 is 19.4 Å². The molecule has 154 valence electrons. The van der Waals surface area contributed by atoms with Crippen molar-refractivity contribution >= 4 is 17.6 Å². The molecule has 0 aromatic carbocycles. The Balaban J connectivity index is 1.33. The van der Waals surface area contributed by atoms with Gasteiger partial charge in [0.2, 0.25) is 5.91 Å². The average Bonchev–Trinajstić information content (AvgIpc) is 3.34. The van der Waals surface area contributed by atoms with Crippen LogP contribution >= 0.6 is 0 Å². The highest BCUT2D eigenvalue weighted by molar-refractivity contribution is 5.95. The number of ether oxygens (including phenoxy) is 1. The number of hydrogen-bond donors (Lipinski definition) is 1. The van der Waals surface area contributed by atoms with Crippen molar-refractivity contribution < 1.29 is 18.7 Å². The van der Waals surface area contributed by atoms with E-state index in [0.717, 1.165) is 5.56 Å². The molecule has 3 aromatic heterocycles. The topological polar surface area (TPSA) is 97.6 Å². The molecule has 2 amide bonds. The van der Waals surface area contributed by atoms with Gasteiger partial charge >= 0.3 is 0 Å². The van der Waals surface area contributed by atoms with Gasteiger partial charge in [0.25, 0.3) is 5.91 Å². The minimum atomic E-state index is -0.187. The summed E-state index contributed by atoms with van der Waals surface area (Å²) in [5, 5.41) is 2.88. The monoisotopic (exact) mass is 406 g/mol. The van der Waals surface area contributed by atoms with Crippen LogP contribution in [-0.2, 0) is 11.4 Å². The first-order valence-electron chi connectivity index (χ1n) is 9.80. The third kappa shape index (κ3) is 4.65. The Morgan fingerprint density at radius 1 is 1.13 bits per heavy atom. The van der Waals surface area contributed by atoms with Crippen LogP contribution in [-0.4, -0.2) is 39.8 Å². The van der Waals surface area contributed by atoms with Crippen LogP contribution in [0.3, 0.4) is 0 Å². The molecule has 0 bridgehead atoms. The molecule has 0 atom stereocenters. The van der Waals surface area contributed by atoms with E-state index in [9.17, 15) is 9.59 Å². The Bertz CT molecular complexity index is 983. The first kappa shape index (κ1) is 19.6. The van der Waals surface area contributed by atoms with E-state index in [2.05, 4.69) is 15.3 Å². The number of furan rings is 1. The van der Waals surface area contributed by atoms with Crippen LogP contribution in [0.1, 0.15) is 28.8 Å². The predicted octanol–water partition coefficient (Wildman–Crippen LogP) is 3.14. The second kappa shape index (κ2) is 9.21. The van der Waals surface area contributed by atoms with E-state index >= 15 is 0 Å². The summed E-state index contributed by atoms with van der Waals surface area (Å²) in [7, 11) is 0. The van der Waals surface area contributed by atoms with Crippen LogP contribution in [0.5, 0.6) is 5.75 Å². The number of rotatable bonds is 6. The van der Waals surface area contributed by atoms with E-state index in [1.54, 1.807) is 41.7 Å². The minimum absolute atomic E-state index is 0.0702. The van der Waals surface area contributed by atoms with Crippen LogP contribution in [0.4, 0.5) is 5.82 Å². The van der Waals surface area contributed by atoms with E-state index in [1.165, 1.54) is 12.5 Å². The molecular formula is C22H22N4O4. The van der Waals surface area contributed by atoms with Crippen LogP contribution in [0, 0.1) is 5.92 Å². The fourth-order valence-electron chi connectivity index (χ4n) is 3.37. The number of nitrogens with zero attached hydrogens (tertiary/aromatic N) is 3. The fraction of sp³-hybridized carbons (Fsp3) is 0.273. The summed E-state index contributed by atoms with van der Waals surface area (Å²) in [6, 6.07) is 8.92. The summed E-state index contributed by atoms with van der Waals surface area (Å²) in [6.07, 6.45) is 9.12. The van der Waals surface area contributed by atoms with Crippen molar-refractivity contribution in [2.75, 3.05) is 18.4 Å². The van der Waals surface area contributed by atoms with Gasteiger partial charge in [0.15, 0.2) is 11.6 Å². The van der Waals surface area contributed by atoms with Crippen LogP contribution in [0.2, 0.25) is 0 Å². The summed E-state index contributed by atoms with van der Waals surface area (Å²) >= 11 is 0. The number of carbonyl (C=O) groups excluding carboxylic acids is 2. The first-order valence-corrected chi connectivity index (χ1v) is 9.80. The highest BCUT2D eigenvalue weighted by Gasteiger charge is 2.28. The molecule has 1 fully saturated rings. The van der Waals surface area contributed by atoms with Crippen molar-refractivity contribution in [2.45, 2.75) is 19.4 Å². The van der Waals surface area contributed by atoms with Gasteiger partial charge in [0, 0.05) is 37.6 Å². The van der Waals surface area contributed by atoms with E-state index < -0.39 is 0 Å². The molecule has 4 rings (SSSR count). The fourth-order valence-corrected chi connectivity index (χ4v) is 3.37. The van der Waals surface area contributed by atoms with Gasteiger partial charge in [0.05, 0.1) is 11.8 Å². The number of likely N-dealkylation sites (tertiary alicyclic amines) is 1. The molecule has 0 spiro atoms. The highest BCUT2D eigenvalue weighted by Crippen LogP contribution is 2.25. The maximum absolute atomic E-state index is 12.8. The SMILES string of the molecule is O=C(Nc1ncccc1OCc1ccncc1)C1CCN(C(=O)c2ccoc2)CC1. The lowest BCUT2D eigenvalue weighted by atomic mass is 9.95. The molecule has 1 aliphatic rings. The summed E-state index contributed by atoms with van der Waals surface area (Å²) in [4.78, 5) is 35.2. The quantitative estimate of drug-likeness (QED) is 0.675. The van der Waals surface area contributed by atoms with E-state index in [1.807, 2.05) is 12.1 Å². The average molecular weight is 406 g/mol. The Kier molecular flexibility index (Phi) is 6.03. The van der Waals surface area contributed by atoms with Gasteiger partial charge in [-0.1, -0.05) is 0 Å². The first-order chi connectivity index (χ1) is 14.7. The number of aromatic nitrogens is 2. The van der Waals surface area contributed by atoms with Crippen molar-refractivity contribution in [3.05, 3.63) is 72.6 Å². The van der Waals surface area contributed by atoms with Crippen molar-refractivity contribution in [3.8, 4) is 5.75 Å². The lowest BCUT2D eigenvalue weighted by Crippen LogP contribution is -2.41. The summed E-state index contributed by atoms with van der Waals surface area (Å²) in [5.74, 6) is 0.536. The van der Waals surface area contributed by atoms with Crippen molar-refractivity contribution in [2.24, 2.45) is 5.92 Å². The number of hydrogen-bond acceptors (Lipinski definition) is 6. The highest BCUT2D eigenvalue weighted by atomic mass is 16.5. The molecule has 1 saturated heterocycles. The summed E-state index contributed by atoms with van der Waals surface area (Å²) in [5.41, 5.74) is 1.50. The lowest BCUT2D eigenvalue weighted by molar-refractivity contribution is -0.121. The Labute approximate surface area is 173 Å². The molecule has 0 saturated carbocycles. The number of piperidine rings is 1. The molecule has 4 heterocycles. The second-order valence-electron chi connectivity index (χ2n) is 7.06. The molecule has 8 nitrogen and oxygen atoms in total. The zero-order valence-corrected chi connectivity index (χ0v) is 16.4. The molecule has 30 heavy (non-hydrogen) atoms. The zero-order chi connectivity index (χ0) is 20.8. The van der Waals surface area contributed by atoms with Crippen molar-refractivity contribution in [3.63, 3.8) is 0 Å². The summed E-state index contributed by atoms with van der Waals surface area (Å²) < 4.78 is 10.8. The molecule has 0 aliphatic carbocycles. The Morgan fingerprint density at radius 2 is 1.93 bits per heavy atom. The molecule has 0 radical (unpaired) electrons. The van der Waals surface area contributed by atoms with Gasteiger partial charge in [-0.2, -0.15) is 0 Å². The molecule has 8 heteroatoms. The van der Waals surface area contributed by atoms with Crippen LogP contribution < -0.4 is 10.1 Å². The van der Waals surface area contributed by atoms with E-state index in [0.29, 0.717) is 49.7 Å². The van der Waals surface area contributed by atoms with Crippen LogP contribution in [0.15, 0.2) is 65.9 Å². The lowest BCUT2D eigenvalue weighted by Gasteiger charge is -2.31. The number of anilines is 1. The standard InChI is InChI=1S/C22H22N4O4/c27-21(17-5-11-26(12-6-17)22(28)18-7-13-29-15-18)25-20-19(2-1-8-24-20)30-14-16-3-9-23-10-4-16/h1-4,7-10,13,15,17H,5-6,11-12,14H2,(H,24,25,27). The molecular weight excluding hydrogens is 384 g/mol. The summed E-state index contributed by atoms with van der Waals surface area (Å²) in [6.45, 7) is 1.40. The zero-order valence-electron chi connectivity index (χ0n) is 16.4. The number of nitrogens with one attached hydrogen (secondary N) is 1. The van der Waals surface area contributed by atoms with Gasteiger partial charge in [-0.25, -0.2) is 4.98 Å². The molecule has 1 aliphatic heterocycles. The smallest absolute Gasteiger partial charge is 0.257 e. The third-order valence-electron chi connectivity index (χ3n) is 5.08. The second-order valence-corrected chi connectivity index (χ2v) is 7.06. The van der Waals surface area contributed by atoms with Gasteiger partial charge in [-0.15, -0.1) is 0 Å².